The fourth-order valence-electron chi connectivity index (χ4n) is 3.13. The highest BCUT2D eigenvalue weighted by Gasteiger charge is 2.41. The maximum Gasteiger partial charge on any atom is 0.0547 e. The monoisotopic (exact) mass is 213 g/mol. The van der Waals surface area contributed by atoms with E-state index in [0.717, 1.165) is 0 Å². The zero-order valence-corrected chi connectivity index (χ0v) is 10.5. The molecule has 0 aliphatic carbocycles. The molecule has 2 unspecified atom stereocenters. The summed E-state index contributed by atoms with van der Waals surface area (Å²) in [5, 5.41) is 0. The fourth-order valence-corrected chi connectivity index (χ4v) is 3.13. The van der Waals surface area contributed by atoms with Crippen LogP contribution < -0.4 is 0 Å². The summed E-state index contributed by atoms with van der Waals surface area (Å²) in [6.45, 7) is 9.01. The molecule has 1 aromatic rings. The number of nitrogens with zero attached hydrogens (tertiary/aromatic N) is 1. The largest absolute Gasteiger partial charge is 0.280 e. The van der Waals surface area contributed by atoms with Gasteiger partial charge in [-0.25, -0.2) is 0 Å². The van der Waals surface area contributed by atoms with Gasteiger partial charge in [-0.1, -0.05) is 24.3 Å². The molecule has 0 aromatic heterocycles. The maximum atomic E-state index is 2.60. The van der Waals surface area contributed by atoms with Crippen molar-refractivity contribution >= 4 is 0 Å². The van der Waals surface area contributed by atoms with Gasteiger partial charge in [0.25, 0.3) is 0 Å². The first kappa shape index (κ1) is 10.1. The van der Waals surface area contributed by atoms with Gasteiger partial charge < -0.3 is 0 Å². The van der Waals surface area contributed by atoms with E-state index in [1.807, 2.05) is 0 Å². The molecule has 2 aliphatic heterocycles. The van der Waals surface area contributed by atoms with E-state index in [-0.39, 0.29) is 0 Å². The molecule has 0 fully saturated rings. The Balaban J connectivity index is 2.13. The van der Waals surface area contributed by atoms with E-state index in [9.17, 15) is 0 Å². The van der Waals surface area contributed by atoms with Crippen LogP contribution in [0.5, 0.6) is 0 Å². The van der Waals surface area contributed by atoms with Crippen molar-refractivity contribution in [3.05, 3.63) is 46.5 Å². The topological polar surface area (TPSA) is 3.24 Å². The predicted octanol–water partition coefficient (Wildman–Crippen LogP) is 3.68. The molecule has 0 amide bonds. The van der Waals surface area contributed by atoms with Gasteiger partial charge in [0.05, 0.1) is 12.1 Å². The average Bonchev–Trinajstić information content (AvgIpc) is 2.75. The quantitative estimate of drug-likeness (QED) is 0.643. The van der Waals surface area contributed by atoms with Gasteiger partial charge in [-0.15, -0.1) is 0 Å². The molecule has 3 rings (SSSR count). The highest BCUT2D eigenvalue weighted by atomic mass is 15.2. The Hall–Kier alpha value is -1.08. The molecule has 84 valence electrons. The molecular weight excluding hydrogens is 194 g/mol. The van der Waals surface area contributed by atoms with Gasteiger partial charge in [-0.3, -0.25) is 4.90 Å². The minimum absolute atomic E-state index is 0.527. The van der Waals surface area contributed by atoms with E-state index < -0.39 is 0 Å². The highest BCUT2D eigenvalue weighted by Crippen LogP contribution is 2.50. The fraction of sp³-hybridized carbons (Fsp3) is 0.467. The number of rotatable bonds is 1. The molecule has 1 nitrogen and oxygen atoms in total. The van der Waals surface area contributed by atoms with Crippen LogP contribution in [0.4, 0.5) is 0 Å². The number of aryl methyl sites for hydroxylation is 2. The van der Waals surface area contributed by atoms with E-state index in [4.69, 9.17) is 0 Å². The molecule has 1 heteroatoms. The first-order valence-corrected chi connectivity index (χ1v) is 6.16. The van der Waals surface area contributed by atoms with Gasteiger partial charge in [-0.2, -0.15) is 0 Å². The predicted molar refractivity (Wildman–Crippen MR) is 67.5 cm³/mol. The third-order valence-electron chi connectivity index (χ3n) is 4.05. The SMILES string of the molecule is Cc1cc2c(cc1C)C1C=CC2N1C(C)C. The Kier molecular flexibility index (Phi) is 2.02. The molecule has 0 saturated heterocycles. The van der Waals surface area contributed by atoms with Crippen molar-refractivity contribution in [2.24, 2.45) is 0 Å². The molecule has 2 atom stereocenters. The van der Waals surface area contributed by atoms with Crippen molar-refractivity contribution in [3.63, 3.8) is 0 Å². The highest BCUT2D eigenvalue weighted by molar-refractivity contribution is 5.50. The van der Waals surface area contributed by atoms with Gasteiger partial charge in [-0.05, 0) is 49.9 Å². The molecular formula is C15H19N. The lowest BCUT2D eigenvalue weighted by Crippen LogP contribution is -2.27. The van der Waals surface area contributed by atoms with Crippen LogP contribution in [0.15, 0.2) is 24.3 Å². The van der Waals surface area contributed by atoms with E-state index in [0.29, 0.717) is 18.1 Å². The average molecular weight is 213 g/mol. The Bertz CT molecular complexity index is 432. The number of benzene rings is 1. The zero-order chi connectivity index (χ0) is 11.4. The van der Waals surface area contributed by atoms with Crippen molar-refractivity contribution in [3.8, 4) is 0 Å². The second-order valence-electron chi connectivity index (χ2n) is 5.38. The van der Waals surface area contributed by atoms with Crippen molar-refractivity contribution in [1.29, 1.82) is 0 Å². The summed E-state index contributed by atoms with van der Waals surface area (Å²) in [4.78, 5) is 2.60. The van der Waals surface area contributed by atoms with Crippen LogP contribution in [0.2, 0.25) is 0 Å². The lowest BCUT2D eigenvalue weighted by molar-refractivity contribution is 0.188. The van der Waals surface area contributed by atoms with Gasteiger partial charge in [0, 0.05) is 6.04 Å². The normalized spacial score (nSPS) is 26.8. The Morgan fingerprint density at radius 2 is 1.38 bits per heavy atom. The molecule has 16 heavy (non-hydrogen) atoms. The molecule has 2 aliphatic rings. The summed E-state index contributed by atoms with van der Waals surface area (Å²) in [6.07, 6.45) is 4.73. The van der Waals surface area contributed by atoms with Crippen molar-refractivity contribution < 1.29 is 0 Å². The number of fused-ring (bicyclic) bond motifs is 5. The van der Waals surface area contributed by atoms with Gasteiger partial charge in [0.2, 0.25) is 0 Å². The molecule has 2 heterocycles. The Morgan fingerprint density at radius 3 is 1.75 bits per heavy atom. The summed E-state index contributed by atoms with van der Waals surface area (Å²) in [5.74, 6) is 0. The van der Waals surface area contributed by atoms with Gasteiger partial charge in [0.1, 0.15) is 0 Å². The Labute approximate surface area is 97.8 Å². The molecule has 2 bridgehead atoms. The smallest absolute Gasteiger partial charge is 0.0547 e. The van der Waals surface area contributed by atoms with Crippen molar-refractivity contribution in [2.45, 2.75) is 45.8 Å². The van der Waals surface area contributed by atoms with Gasteiger partial charge >= 0.3 is 0 Å². The van der Waals surface area contributed by atoms with Crippen LogP contribution in [-0.2, 0) is 0 Å². The molecule has 0 spiro atoms. The summed E-state index contributed by atoms with van der Waals surface area (Å²) in [6, 6.07) is 6.43. The third-order valence-corrected chi connectivity index (χ3v) is 4.05. The van der Waals surface area contributed by atoms with E-state index in [2.05, 4.69) is 56.9 Å². The van der Waals surface area contributed by atoms with E-state index in [1.54, 1.807) is 0 Å². The second kappa shape index (κ2) is 3.21. The first-order chi connectivity index (χ1) is 7.59. The van der Waals surface area contributed by atoms with Crippen molar-refractivity contribution in [2.75, 3.05) is 0 Å². The maximum absolute atomic E-state index is 2.60. The van der Waals surface area contributed by atoms with Crippen LogP contribution >= 0.6 is 0 Å². The van der Waals surface area contributed by atoms with E-state index in [1.165, 1.54) is 22.3 Å². The van der Waals surface area contributed by atoms with Crippen LogP contribution in [0, 0.1) is 13.8 Å². The Morgan fingerprint density at radius 1 is 0.938 bits per heavy atom. The second-order valence-corrected chi connectivity index (χ2v) is 5.38. The van der Waals surface area contributed by atoms with Gasteiger partial charge in [0.15, 0.2) is 0 Å². The minimum Gasteiger partial charge on any atom is -0.280 e. The van der Waals surface area contributed by atoms with Crippen molar-refractivity contribution in [1.82, 2.24) is 4.90 Å². The first-order valence-electron chi connectivity index (χ1n) is 6.16. The zero-order valence-electron chi connectivity index (χ0n) is 10.5. The minimum atomic E-state index is 0.527. The van der Waals surface area contributed by atoms with Crippen LogP contribution in [0.1, 0.15) is 48.2 Å². The lowest BCUT2D eigenvalue weighted by atomic mass is 9.93. The molecule has 1 aromatic carbocycles. The lowest BCUT2D eigenvalue weighted by Gasteiger charge is -2.26. The summed E-state index contributed by atoms with van der Waals surface area (Å²) < 4.78 is 0. The third kappa shape index (κ3) is 1.15. The molecule has 0 radical (unpaired) electrons. The molecule has 0 N–H and O–H groups in total. The number of hydrogen-bond acceptors (Lipinski definition) is 1. The molecule has 0 saturated carbocycles. The summed E-state index contributed by atoms with van der Waals surface area (Å²) in [5.41, 5.74) is 5.90. The van der Waals surface area contributed by atoms with Crippen LogP contribution in [0.3, 0.4) is 0 Å². The van der Waals surface area contributed by atoms with Crippen LogP contribution in [0.25, 0.3) is 0 Å². The van der Waals surface area contributed by atoms with E-state index >= 15 is 0 Å². The number of hydrogen-bond donors (Lipinski definition) is 0. The summed E-state index contributed by atoms with van der Waals surface area (Å²) in [7, 11) is 0. The van der Waals surface area contributed by atoms with Crippen LogP contribution in [-0.4, -0.2) is 10.9 Å². The standard InChI is InChI=1S/C15H19N/c1-9(2)16-14-5-6-15(16)13-8-11(4)10(3)7-12(13)14/h5-9,14-15H,1-4H3. The summed E-state index contributed by atoms with van der Waals surface area (Å²) >= 11 is 0.